The third-order valence-electron chi connectivity index (χ3n) is 5.66. The standard InChI is InChI=1S/C20H24N4O4S/c25-16(12-15-17(26)22-13-6-1-2-7-14(13)29-15)21-10-5-11-24-18(27)20(23-19(24)28)8-3-4-9-20/h1-2,6-7,15H,3-5,8-12H2,(H,21,25)(H,22,26)(H,23,28)/t15-/m0/s1. The summed E-state index contributed by atoms with van der Waals surface area (Å²) in [6, 6.07) is 7.16. The number of carbonyl (C=O) groups excluding carboxylic acids is 4. The number of hydrogen-bond donors (Lipinski definition) is 3. The third kappa shape index (κ3) is 3.96. The van der Waals surface area contributed by atoms with Crippen LogP contribution in [0, 0.1) is 0 Å². The summed E-state index contributed by atoms with van der Waals surface area (Å²) >= 11 is 1.39. The number of nitrogens with one attached hydrogen (secondary N) is 3. The fourth-order valence-corrected chi connectivity index (χ4v) is 5.24. The number of hydrogen-bond acceptors (Lipinski definition) is 5. The van der Waals surface area contributed by atoms with E-state index in [0.29, 0.717) is 25.8 Å². The lowest BCUT2D eigenvalue weighted by molar-refractivity contribution is -0.131. The van der Waals surface area contributed by atoms with Gasteiger partial charge in [-0.2, -0.15) is 0 Å². The highest BCUT2D eigenvalue weighted by molar-refractivity contribution is 8.01. The highest BCUT2D eigenvalue weighted by atomic mass is 32.2. The third-order valence-corrected chi connectivity index (χ3v) is 6.94. The van der Waals surface area contributed by atoms with Gasteiger partial charge in [0.25, 0.3) is 5.91 Å². The first-order chi connectivity index (χ1) is 14.0. The van der Waals surface area contributed by atoms with Gasteiger partial charge in [0.1, 0.15) is 5.54 Å². The molecule has 1 saturated heterocycles. The van der Waals surface area contributed by atoms with Crippen LogP contribution in [0.1, 0.15) is 38.5 Å². The summed E-state index contributed by atoms with van der Waals surface area (Å²) in [6.07, 6.45) is 3.87. The van der Waals surface area contributed by atoms with E-state index in [0.717, 1.165) is 23.4 Å². The van der Waals surface area contributed by atoms with Gasteiger partial charge in [-0.15, -0.1) is 11.8 Å². The van der Waals surface area contributed by atoms with Gasteiger partial charge in [0, 0.05) is 24.4 Å². The number of rotatable bonds is 6. The monoisotopic (exact) mass is 416 g/mol. The number of thioether (sulfide) groups is 1. The second kappa shape index (κ2) is 8.06. The van der Waals surface area contributed by atoms with E-state index in [2.05, 4.69) is 16.0 Å². The molecular formula is C20H24N4O4S. The predicted molar refractivity (Wildman–Crippen MR) is 108 cm³/mol. The fraction of sp³-hybridized carbons (Fsp3) is 0.500. The lowest BCUT2D eigenvalue weighted by atomic mass is 9.98. The molecule has 2 heterocycles. The van der Waals surface area contributed by atoms with Crippen molar-refractivity contribution >= 4 is 41.2 Å². The molecule has 29 heavy (non-hydrogen) atoms. The van der Waals surface area contributed by atoms with E-state index in [9.17, 15) is 19.2 Å². The molecule has 1 spiro atoms. The van der Waals surface area contributed by atoms with Gasteiger partial charge >= 0.3 is 6.03 Å². The summed E-state index contributed by atoms with van der Waals surface area (Å²) < 4.78 is 0. The summed E-state index contributed by atoms with van der Waals surface area (Å²) in [4.78, 5) is 51.3. The molecule has 154 valence electrons. The van der Waals surface area contributed by atoms with Crippen LogP contribution in [0.25, 0.3) is 0 Å². The molecule has 1 saturated carbocycles. The average Bonchev–Trinajstić information content (AvgIpc) is 3.25. The first-order valence-corrected chi connectivity index (χ1v) is 10.8. The van der Waals surface area contributed by atoms with Gasteiger partial charge in [-0.3, -0.25) is 19.3 Å². The van der Waals surface area contributed by atoms with Crippen LogP contribution in [0.4, 0.5) is 10.5 Å². The molecular weight excluding hydrogens is 392 g/mol. The molecule has 3 aliphatic rings. The van der Waals surface area contributed by atoms with Crippen LogP contribution in [0.15, 0.2) is 29.2 Å². The van der Waals surface area contributed by atoms with E-state index in [1.54, 1.807) is 0 Å². The minimum Gasteiger partial charge on any atom is -0.356 e. The van der Waals surface area contributed by atoms with Crippen LogP contribution in [0.3, 0.4) is 0 Å². The number of anilines is 1. The van der Waals surface area contributed by atoms with Crippen LogP contribution >= 0.6 is 11.8 Å². The van der Waals surface area contributed by atoms with Crippen LogP contribution in [0.2, 0.25) is 0 Å². The van der Waals surface area contributed by atoms with E-state index in [1.165, 1.54) is 16.7 Å². The first-order valence-electron chi connectivity index (χ1n) is 9.96. The molecule has 8 nitrogen and oxygen atoms in total. The molecule has 1 aromatic rings. The lowest BCUT2D eigenvalue weighted by Crippen LogP contribution is -2.44. The highest BCUT2D eigenvalue weighted by Gasteiger charge is 2.52. The maximum Gasteiger partial charge on any atom is 0.325 e. The van der Waals surface area contributed by atoms with E-state index in [4.69, 9.17) is 0 Å². The number of nitrogens with zero attached hydrogens (tertiary/aromatic N) is 1. The minimum absolute atomic E-state index is 0.0804. The maximum atomic E-state index is 12.6. The fourth-order valence-electron chi connectivity index (χ4n) is 4.13. The summed E-state index contributed by atoms with van der Waals surface area (Å²) in [5.41, 5.74) is 0.0788. The van der Waals surface area contributed by atoms with E-state index in [-0.39, 0.29) is 36.7 Å². The van der Waals surface area contributed by atoms with Crippen LogP contribution < -0.4 is 16.0 Å². The molecule has 3 N–H and O–H groups in total. The summed E-state index contributed by atoms with van der Waals surface area (Å²) in [7, 11) is 0. The number of urea groups is 1. The molecule has 0 radical (unpaired) electrons. The predicted octanol–water partition coefficient (Wildman–Crippen LogP) is 1.86. The summed E-state index contributed by atoms with van der Waals surface area (Å²) in [6.45, 7) is 0.622. The number of benzene rings is 1. The van der Waals surface area contributed by atoms with Gasteiger partial charge in [0.05, 0.1) is 10.9 Å². The van der Waals surface area contributed by atoms with Crippen molar-refractivity contribution in [1.82, 2.24) is 15.5 Å². The molecule has 9 heteroatoms. The second-order valence-corrected chi connectivity index (χ2v) is 8.92. The van der Waals surface area contributed by atoms with Gasteiger partial charge in [0.15, 0.2) is 0 Å². The van der Waals surface area contributed by atoms with Crippen molar-refractivity contribution in [3.05, 3.63) is 24.3 Å². The van der Waals surface area contributed by atoms with Crippen molar-refractivity contribution in [3.63, 3.8) is 0 Å². The number of fused-ring (bicyclic) bond motifs is 1. The Kier molecular flexibility index (Phi) is 5.49. The van der Waals surface area contributed by atoms with Crippen molar-refractivity contribution in [2.45, 2.75) is 54.2 Å². The Hall–Kier alpha value is -2.55. The largest absolute Gasteiger partial charge is 0.356 e. The van der Waals surface area contributed by atoms with E-state index >= 15 is 0 Å². The molecule has 0 unspecified atom stereocenters. The van der Waals surface area contributed by atoms with Crippen molar-refractivity contribution in [2.75, 3.05) is 18.4 Å². The summed E-state index contributed by atoms with van der Waals surface area (Å²) in [5.74, 6) is -0.535. The Bertz CT molecular complexity index is 853. The van der Waals surface area contributed by atoms with Gasteiger partial charge in [-0.1, -0.05) is 25.0 Å². The Morgan fingerprint density at radius 2 is 1.97 bits per heavy atom. The average molecular weight is 417 g/mol. The molecule has 4 rings (SSSR count). The Balaban J connectivity index is 1.21. The Morgan fingerprint density at radius 3 is 2.76 bits per heavy atom. The first kappa shape index (κ1) is 19.8. The van der Waals surface area contributed by atoms with Crippen LogP contribution in [0.5, 0.6) is 0 Å². The number of para-hydroxylation sites is 1. The molecule has 0 aromatic heterocycles. The zero-order valence-corrected chi connectivity index (χ0v) is 16.8. The SMILES string of the molecule is O=C(C[C@@H]1Sc2ccccc2NC1=O)NCCCN1C(=O)NC2(CCCC2)C1=O. The molecule has 0 bridgehead atoms. The van der Waals surface area contributed by atoms with Crippen molar-refractivity contribution in [3.8, 4) is 0 Å². The lowest BCUT2D eigenvalue weighted by Gasteiger charge is -2.23. The Labute approximate surface area is 173 Å². The molecule has 2 aliphatic heterocycles. The van der Waals surface area contributed by atoms with E-state index in [1.807, 2.05) is 24.3 Å². The molecule has 2 fully saturated rings. The minimum atomic E-state index is -0.692. The van der Waals surface area contributed by atoms with Gasteiger partial charge in [-0.25, -0.2) is 4.79 Å². The highest BCUT2D eigenvalue weighted by Crippen LogP contribution is 2.37. The van der Waals surface area contributed by atoms with E-state index < -0.39 is 10.8 Å². The quantitative estimate of drug-likeness (QED) is 0.485. The zero-order chi connectivity index (χ0) is 20.4. The topological polar surface area (TPSA) is 108 Å². The molecule has 1 aliphatic carbocycles. The van der Waals surface area contributed by atoms with Gasteiger partial charge in [-0.05, 0) is 31.4 Å². The number of carbonyl (C=O) groups is 4. The van der Waals surface area contributed by atoms with Crippen molar-refractivity contribution in [1.29, 1.82) is 0 Å². The van der Waals surface area contributed by atoms with Crippen LogP contribution in [-0.4, -0.2) is 52.5 Å². The van der Waals surface area contributed by atoms with Crippen molar-refractivity contribution < 1.29 is 19.2 Å². The molecule has 1 atom stereocenters. The smallest absolute Gasteiger partial charge is 0.325 e. The summed E-state index contributed by atoms with van der Waals surface area (Å²) in [5, 5.41) is 7.99. The van der Waals surface area contributed by atoms with Gasteiger partial charge < -0.3 is 16.0 Å². The zero-order valence-electron chi connectivity index (χ0n) is 16.0. The number of amides is 5. The Morgan fingerprint density at radius 1 is 1.21 bits per heavy atom. The van der Waals surface area contributed by atoms with Crippen molar-refractivity contribution in [2.24, 2.45) is 0 Å². The maximum absolute atomic E-state index is 12.6. The second-order valence-electron chi connectivity index (χ2n) is 7.68. The number of imide groups is 1. The van der Waals surface area contributed by atoms with Gasteiger partial charge in [0.2, 0.25) is 11.8 Å². The molecule has 1 aromatic carbocycles. The molecule has 5 amide bonds. The normalized spacial score (nSPS) is 22.4. The van der Waals surface area contributed by atoms with Crippen LogP contribution in [-0.2, 0) is 14.4 Å².